The summed E-state index contributed by atoms with van der Waals surface area (Å²) in [6.45, 7) is 0.485. The van der Waals surface area contributed by atoms with Gasteiger partial charge in [-0.1, -0.05) is 6.08 Å². The van der Waals surface area contributed by atoms with Gasteiger partial charge in [-0.25, -0.2) is 0 Å². The number of carbonyl (C=O) groups is 1. The standard InChI is InChI=1S/C7H10O2/c1-9-5-6-3-2-4-7(6)8/h3H,2,4-5H2,1H3. The zero-order valence-electron chi connectivity index (χ0n) is 5.52. The van der Waals surface area contributed by atoms with Crippen LogP contribution in [-0.4, -0.2) is 19.5 Å². The highest BCUT2D eigenvalue weighted by molar-refractivity contribution is 5.97. The second-order valence-electron chi connectivity index (χ2n) is 2.12. The van der Waals surface area contributed by atoms with Gasteiger partial charge in [0.05, 0.1) is 6.61 Å². The van der Waals surface area contributed by atoms with Gasteiger partial charge >= 0.3 is 0 Å². The molecule has 0 saturated carbocycles. The van der Waals surface area contributed by atoms with E-state index in [9.17, 15) is 4.79 Å². The van der Waals surface area contributed by atoms with Crippen LogP contribution in [0.3, 0.4) is 0 Å². The van der Waals surface area contributed by atoms with Crippen LogP contribution in [0.1, 0.15) is 12.8 Å². The topological polar surface area (TPSA) is 26.3 Å². The molecule has 0 aromatic heterocycles. The van der Waals surface area contributed by atoms with Crippen LogP contribution in [0.2, 0.25) is 0 Å². The van der Waals surface area contributed by atoms with E-state index in [1.807, 2.05) is 6.08 Å². The highest BCUT2D eigenvalue weighted by Gasteiger charge is 2.13. The van der Waals surface area contributed by atoms with Gasteiger partial charge in [-0.05, 0) is 6.42 Å². The molecule has 0 bridgehead atoms. The van der Waals surface area contributed by atoms with Crippen molar-refractivity contribution in [2.75, 3.05) is 13.7 Å². The van der Waals surface area contributed by atoms with Crippen LogP contribution in [0.5, 0.6) is 0 Å². The number of methoxy groups -OCH3 is 1. The minimum atomic E-state index is 0.247. The predicted molar refractivity (Wildman–Crippen MR) is 34.2 cm³/mol. The first-order valence-corrected chi connectivity index (χ1v) is 3.06. The summed E-state index contributed by atoms with van der Waals surface area (Å²) in [5.41, 5.74) is 0.845. The molecule has 2 nitrogen and oxygen atoms in total. The molecule has 2 heteroatoms. The van der Waals surface area contributed by atoms with Crippen LogP contribution < -0.4 is 0 Å². The summed E-state index contributed by atoms with van der Waals surface area (Å²) in [6, 6.07) is 0. The van der Waals surface area contributed by atoms with E-state index in [4.69, 9.17) is 4.74 Å². The number of carbonyl (C=O) groups excluding carboxylic acids is 1. The molecule has 0 radical (unpaired) electrons. The van der Waals surface area contributed by atoms with E-state index in [1.165, 1.54) is 0 Å². The van der Waals surface area contributed by atoms with Crippen molar-refractivity contribution in [3.8, 4) is 0 Å². The molecule has 0 amide bonds. The van der Waals surface area contributed by atoms with E-state index < -0.39 is 0 Å². The Bertz CT molecular complexity index is 147. The number of ketones is 1. The van der Waals surface area contributed by atoms with Gasteiger partial charge in [-0.15, -0.1) is 0 Å². The first-order chi connectivity index (χ1) is 4.34. The molecule has 0 N–H and O–H groups in total. The van der Waals surface area contributed by atoms with Gasteiger partial charge in [-0.2, -0.15) is 0 Å². The molecule has 1 rings (SSSR count). The molecule has 0 atom stereocenters. The van der Waals surface area contributed by atoms with E-state index in [0.717, 1.165) is 12.0 Å². The summed E-state index contributed by atoms with van der Waals surface area (Å²) in [5, 5.41) is 0. The quantitative estimate of drug-likeness (QED) is 0.550. The lowest BCUT2D eigenvalue weighted by Crippen LogP contribution is -2.01. The third-order valence-corrected chi connectivity index (χ3v) is 1.42. The summed E-state index contributed by atoms with van der Waals surface area (Å²) < 4.78 is 4.81. The summed E-state index contributed by atoms with van der Waals surface area (Å²) in [5.74, 6) is 0.247. The highest BCUT2D eigenvalue weighted by Crippen LogP contribution is 2.12. The lowest BCUT2D eigenvalue weighted by molar-refractivity contribution is -0.115. The second kappa shape index (κ2) is 2.78. The fraction of sp³-hybridized carbons (Fsp3) is 0.571. The first-order valence-electron chi connectivity index (χ1n) is 3.06. The van der Waals surface area contributed by atoms with Gasteiger partial charge in [0.25, 0.3) is 0 Å². The third-order valence-electron chi connectivity index (χ3n) is 1.42. The van der Waals surface area contributed by atoms with E-state index in [1.54, 1.807) is 7.11 Å². The Hall–Kier alpha value is -0.630. The maximum absolute atomic E-state index is 10.8. The van der Waals surface area contributed by atoms with Crippen molar-refractivity contribution in [1.29, 1.82) is 0 Å². The SMILES string of the molecule is COCC1=CCCC1=O. The second-order valence-corrected chi connectivity index (χ2v) is 2.12. The molecule has 0 fully saturated rings. The van der Waals surface area contributed by atoms with E-state index in [0.29, 0.717) is 13.0 Å². The molecule has 0 aliphatic heterocycles. The summed E-state index contributed by atoms with van der Waals surface area (Å²) in [4.78, 5) is 10.8. The Kier molecular flexibility index (Phi) is 2.01. The van der Waals surface area contributed by atoms with Crippen molar-refractivity contribution < 1.29 is 9.53 Å². The number of hydrogen-bond donors (Lipinski definition) is 0. The Balaban J connectivity index is 2.47. The third kappa shape index (κ3) is 1.39. The molecule has 0 aromatic carbocycles. The number of hydrogen-bond acceptors (Lipinski definition) is 2. The predicted octanol–water partition coefficient (Wildman–Crippen LogP) is 0.922. The van der Waals surface area contributed by atoms with Crippen molar-refractivity contribution >= 4 is 5.78 Å². The lowest BCUT2D eigenvalue weighted by atomic mass is 10.2. The van der Waals surface area contributed by atoms with Crippen molar-refractivity contribution in [2.24, 2.45) is 0 Å². The molecule has 0 saturated heterocycles. The zero-order valence-corrected chi connectivity index (χ0v) is 5.52. The maximum atomic E-state index is 10.8. The van der Waals surface area contributed by atoms with Crippen molar-refractivity contribution in [1.82, 2.24) is 0 Å². The minimum absolute atomic E-state index is 0.247. The van der Waals surface area contributed by atoms with Crippen LogP contribution in [0, 0.1) is 0 Å². The number of allylic oxidation sites excluding steroid dienone is 1. The molecule has 0 unspecified atom stereocenters. The Morgan fingerprint density at radius 2 is 2.56 bits per heavy atom. The average molecular weight is 126 g/mol. The number of Topliss-reactive ketones (excluding diaryl/α,β-unsaturated/α-hetero) is 1. The average Bonchev–Trinajstić information content (AvgIpc) is 2.18. The van der Waals surface area contributed by atoms with Gasteiger partial charge in [-0.3, -0.25) is 4.79 Å². The fourth-order valence-electron chi connectivity index (χ4n) is 0.947. The van der Waals surface area contributed by atoms with Gasteiger partial charge < -0.3 is 4.74 Å². The van der Waals surface area contributed by atoms with Gasteiger partial charge in [0, 0.05) is 19.1 Å². The van der Waals surface area contributed by atoms with Crippen LogP contribution in [0.4, 0.5) is 0 Å². The molecular formula is C7H10O2. The van der Waals surface area contributed by atoms with E-state index in [2.05, 4.69) is 0 Å². The molecule has 50 valence electrons. The summed E-state index contributed by atoms with van der Waals surface area (Å²) >= 11 is 0. The molecule has 9 heavy (non-hydrogen) atoms. The molecular weight excluding hydrogens is 116 g/mol. The fourth-order valence-corrected chi connectivity index (χ4v) is 0.947. The molecule has 0 heterocycles. The van der Waals surface area contributed by atoms with Gasteiger partial charge in [0.2, 0.25) is 0 Å². The van der Waals surface area contributed by atoms with Gasteiger partial charge in [0.15, 0.2) is 5.78 Å². The minimum Gasteiger partial charge on any atom is -0.380 e. The number of ether oxygens (including phenoxy) is 1. The summed E-state index contributed by atoms with van der Waals surface area (Å²) in [7, 11) is 1.60. The van der Waals surface area contributed by atoms with Crippen molar-refractivity contribution in [2.45, 2.75) is 12.8 Å². The normalized spacial score (nSPS) is 18.3. The van der Waals surface area contributed by atoms with Gasteiger partial charge in [0.1, 0.15) is 0 Å². The lowest BCUT2D eigenvalue weighted by Gasteiger charge is -1.95. The van der Waals surface area contributed by atoms with Crippen molar-refractivity contribution in [3.05, 3.63) is 11.6 Å². The molecule has 0 aromatic rings. The zero-order chi connectivity index (χ0) is 6.69. The van der Waals surface area contributed by atoms with Crippen LogP contribution in [-0.2, 0) is 9.53 Å². The Morgan fingerprint density at radius 1 is 1.78 bits per heavy atom. The highest BCUT2D eigenvalue weighted by atomic mass is 16.5. The number of rotatable bonds is 2. The smallest absolute Gasteiger partial charge is 0.161 e. The van der Waals surface area contributed by atoms with Crippen LogP contribution in [0.15, 0.2) is 11.6 Å². The Labute approximate surface area is 54.5 Å². The molecule has 0 spiro atoms. The summed E-state index contributed by atoms with van der Waals surface area (Å²) in [6.07, 6.45) is 3.53. The van der Waals surface area contributed by atoms with E-state index in [-0.39, 0.29) is 5.78 Å². The monoisotopic (exact) mass is 126 g/mol. The van der Waals surface area contributed by atoms with Crippen LogP contribution in [0.25, 0.3) is 0 Å². The Morgan fingerprint density at radius 3 is 3.00 bits per heavy atom. The van der Waals surface area contributed by atoms with Crippen molar-refractivity contribution in [3.63, 3.8) is 0 Å². The van der Waals surface area contributed by atoms with E-state index >= 15 is 0 Å². The maximum Gasteiger partial charge on any atom is 0.161 e. The first kappa shape index (κ1) is 6.49. The van der Waals surface area contributed by atoms with Crippen LogP contribution >= 0.6 is 0 Å². The largest absolute Gasteiger partial charge is 0.380 e. The molecule has 1 aliphatic carbocycles. The molecule has 1 aliphatic rings.